The van der Waals surface area contributed by atoms with Crippen LogP contribution in [0.25, 0.3) is 10.9 Å². The van der Waals surface area contributed by atoms with E-state index in [0.717, 1.165) is 16.7 Å². The van der Waals surface area contributed by atoms with E-state index in [1.807, 2.05) is 29.3 Å². The lowest BCUT2D eigenvalue weighted by Crippen LogP contribution is -2.53. The molecule has 0 unspecified atom stereocenters. The van der Waals surface area contributed by atoms with Crippen LogP contribution in [0, 0.1) is 0 Å². The molecular formula is C28H35N5O5. The summed E-state index contributed by atoms with van der Waals surface area (Å²) in [6.45, 7) is 4.49. The van der Waals surface area contributed by atoms with Crippen molar-refractivity contribution in [3.63, 3.8) is 0 Å². The van der Waals surface area contributed by atoms with Gasteiger partial charge in [0.25, 0.3) is 5.91 Å². The third-order valence-electron chi connectivity index (χ3n) is 6.83. The highest BCUT2D eigenvalue weighted by Crippen LogP contribution is 2.40. The maximum absolute atomic E-state index is 12.8. The summed E-state index contributed by atoms with van der Waals surface area (Å²) in [5.74, 6) is 2.65. The molecule has 1 amide bonds. The third kappa shape index (κ3) is 6.32. The monoisotopic (exact) mass is 521 g/mol. The predicted molar refractivity (Wildman–Crippen MR) is 144 cm³/mol. The number of benzene rings is 2. The minimum absolute atomic E-state index is 0.0767. The number of carbonyl (C=O) groups excluding carboxylic acids is 1. The fourth-order valence-electron chi connectivity index (χ4n) is 4.56. The number of nitrogens with zero attached hydrogens (tertiary/aromatic N) is 4. The van der Waals surface area contributed by atoms with E-state index in [4.69, 9.17) is 18.9 Å². The topological polar surface area (TPSA) is 98.3 Å². The van der Waals surface area contributed by atoms with Gasteiger partial charge in [0.15, 0.2) is 11.5 Å². The van der Waals surface area contributed by atoms with E-state index in [0.29, 0.717) is 75.6 Å². The average molecular weight is 522 g/mol. The Balaban J connectivity index is 1.25. The normalized spacial score (nSPS) is 16.0. The fourth-order valence-corrected chi connectivity index (χ4v) is 4.56. The SMILES string of the molecule is COCCOc1cc2ncnc(N3CCN(NC(=O)c4ccc(C5CC5)cc4)CC3)c2cc1OCCOC. The molecule has 2 fully saturated rings. The van der Waals surface area contributed by atoms with Crippen LogP contribution in [0.2, 0.25) is 0 Å². The summed E-state index contributed by atoms with van der Waals surface area (Å²) in [6.07, 6.45) is 4.08. The standard InChI is InChI=1S/C28H35N5O5/c1-35-13-15-37-25-17-23-24(18-26(25)38-16-14-36-2)29-19-30-27(23)32-9-11-33(12-10-32)31-28(34)22-7-5-21(6-8-22)20-3-4-20/h5-8,17-20H,3-4,9-16H2,1-2H3,(H,31,34). The van der Waals surface area contributed by atoms with Gasteiger partial charge in [0.05, 0.1) is 18.7 Å². The Morgan fingerprint density at radius 2 is 1.55 bits per heavy atom. The van der Waals surface area contributed by atoms with Crippen molar-refractivity contribution < 1.29 is 23.7 Å². The zero-order valence-electron chi connectivity index (χ0n) is 22.0. The van der Waals surface area contributed by atoms with Gasteiger partial charge in [-0.25, -0.2) is 15.0 Å². The highest BCUT2D eigenvalue weighted by atomic mass is 16.5. The van der Waals surface area contributed by atoms with Crippen molar-refractivity contribution in [1.29, 1.82) is 0 Å². The number of ether oxygens (including phenoxy) is 4. The molecule has 1 aliphatic carbocycles. The number of hydrazine groups is 1. The molecule has 10 heteroatoms. The zero-order chi connectivity index (χ0) is 26.3. The first-order chi connectivity index (χ1) is 18.7. The molecule has 0 spiro atoms. The number of hydrogen-bond donors (Lipinski definition) is 1. The van der Waals surface area contributed by atoms with Crippen molar-refractivity contribution >= 4 is 22.6 Å². The van der Waals surface area contributed by atoms with Crippen molar-refractivity contribution in [3.05, 3.63) is 53.9 Å². The van der Waals surface area contributed by atoms with Crippen molar-refractivity contribution in [2.45, 2.75) is 18.8 Å². The quantitative estimate of drug-likeness (QED) is 0.361. The van der Waals surface area contributed by atoms with E-state index in [9.17, 15) is 4.79 Å². The molecule has 0 bridgehead atoms. The number of hydrogen-bond acceptors (Lipinski definition) is 9. The Morgan fingerprint density at radius 1 is 0.895 bits per heavy atom. The Kier molecular flexibility index (Phi) is 8.52. The summed E-state index contributed by atoms with van der Waals surface area (Å²) in [4.78, 5) is 24.1. The lowest BCUT2D eigenvalue weighted by atomic mass is 10.1. The van der Waals surface area contributed by atoms with Crippen molar-refractivity contribution in [2.75, 3.05) is 71.7 Å². The molecule has 0 atom stereocenters. The van der Waals surface area contributed by atoms with Gasteiger partial charge in [-0.1, -0.05) is 12.1 Å². The molecule has 2 heterocycles. The van der Waals surface area contributed by atoms with E-state index in [1.165, 1.54) is 18.4 Å². The van der Waals surface area contributed by atoms with Crippen LogP contribution in [0.4, 0.5) is 5.82 Å². The van der Waals surface area contributed by atoms with Crippen LogP contribution in [0.1, 0.15) is 34.7 Å². The summed E-state index contributed by atoms with van der Waals surface area (Å²) < 4.78 is 22.1. The van der Waals surface area contributed by atoms with E-state index >= 15 is 0 Å². The largest absolute Gasteiger partial charge is 0.487 e. The van der Waals surface area contributed by atoms with Gasteiger partial charge in [0.2, 0.25) is 0 Å². The molecule has 1 saturated carbocycles. The maximum Gasteiger partial charge on any atom is 0.265 e. The first-order valence-electron chi connectivity index (χ1n) is 13.1. The Bertz CT molecular complexity index is 1230. The summed E-state index contributed by atoms with van der Waals surface area (Å²) in [6, 6.07) is 11.8. The van der Waals surface area contributed by atoms with Gasteiger partial charge in [-0.05, 0) is 42.5 Å². The average Bonchev–Trinajstić information content (AvgIpc) is 3.79. The Morgan fingerprint density at radius 3 is 2.18 bits per heavy atom. The van der Waals surface area contributed by atoms with Crippen LogP contribution < -0.4 is 19.8 Å². The number of carbonyl (C=O) groups is 1. The second-order valence-corrected chi connectivity index (χ2v) is 9.51. The predicted octanol–water partition coefficient (Wildman–Crippen LogP) is 3.02. The maximum atomic E-state index is 12.8. The molecule has 2 aromatic carbocycles. The number of piperazine rings is 1. The van der Waals surface area contributed by atoms with E-state index in [1.54, 1.807) is 20.5 Å². The molecular weight excluding hydrogens is 486 g/mol. The third-order valence-corrected chi connectivity index (χ3v) is 6.83. The van der Waals surface area contributed by atoms with Crippen LogP contribution in [0.5, 0.6) is 11.5 Å². The molecule has 1 aliphatic heterocycles. The second-order valence-electron chi connectivity index (χ2n) is 9.51. The van der Waals surface area contributed by atoms with Crippen LogP contribution in [0.15, 0.2) is 42.7 Å². The van der Waals surface area contributed by atoms with Gasteiger partial charge in [0, 0.05) is 57.4 Å². The highest BCUT2D eigenvalue weighted by Gasteiger charge is 2.25. The lowest BCUT2D eigenvalue weighted by Gasteiger charge is -2.35. The number of aromatic nitrogens is 2. The molecule has 2 aliphatic rings. The van der Waals surface area contributed by atoms with E-state index < -0.39 is 0 Å². The van der Waals surface area contributed by atoms with Crippen LogP contribution in [-0.4, -0.2) is 87.7 Å². The number of methoxy groups -OCH3 is 2. The van der Waals surface area contributed by atoms with E-state index in [2.05, 4.69) is 32.4 Å². The van der Waals surface area contributed by atoms with Crippen LogP contribution in [-0.2, 0) is 9.47 Å². The zero-order valence-corrected chi connectivity index (χ0v) is 22.0. The second kappa shape index (κ2) is 12.4. The first-order valence-corrected chi connectivity index (χ1v) is 13.1. The van der Waals surface area contributed by atoms with Crippen LogP contribution >= 0.6 is 0 Å². The smallest absolute Gasteiger partial charge is 0.265 e. The molecule has 10 nitrogen and oxygen atoms in total. The van der Waals surface area contributed by atoms with Gasteiger partial charge in [-0.15, -0.1) is 0 Å². The number of fused-ring (bicyclic) bond motifs is 1. The first kappa shape index (κ1) is 26.1. The van der Waals surface area contributed by atoms with Crippen molar-refractivity contribution in [1.82, 2.24) is 20.4 Å². The van der Waals surface area contributed by atoms with Crippen molar-refractivity contribution in [3.8, 4) is 11.5 Å². The molecule has 1 saturated heterocycles. The Hall–Kier alpha value is -3.47. The van der Waals surface area contributed by atoms with Gasteiger partial charge in [0.1, 0.15) is 25.4 Å². The van der Waals surface area contributed by atoms with Gasteiger partial charge in [-0.2, -0.15) is 0 Å². The number of anilines is 1. The highest BCUT2D eigenvalue weighted by molar-refractivity contribution is 5.94. The number of nitrogens with one attached hydrogen (secondary N) is 1. The van der Waals surface area contributed by atoms with Crippen molar-refractivity contribution in [2.24, 2.45) is 0 Å². The Labute approximate surface area is 222 Å². The summed E-state index contributed by atoms with van der Waals surface area (Å²) in [5.41, 5.74) is 5.84. The van der Waals surface area contributed by atoms with Gasteiger partial charge < -0.3 is 23.8 Å². The molecule has 1 aromatic heterocycles. The number of amides is 1. The molecule has 38 heavy (non-hydrogen) atoms. The lowest BCUT2D eigenvalue weighted by molar-refractivity contribution is 0.0777. The molecule has 5 rings (SSSR count). The van der Waals surface area contributed by atoms with Gasteiger partial charge in [-0.3, -0.25) is 10.2 Å². The molecule has 0 radical (unpaired) electrons. The molecule has 3 aromatic rings. The molecule has 1 N–H and O–H groups in total. The van der Waals surface area contributed by atoms with E-state index in [-0.39, 0.29) is 5.91 Å². The van der Waals surface area contributed by atoms with Gasteiger partial charge >= 0.3 is 0 Å². The summed E-state index contributed by atoms with van der Waals surface area (Å²) >= 11 is 0. The summed E-state index contributed by atoms with van der Waals surface area (Å²) in [7, 11) is 3.27. The minimum atomic E-state index is -0.0767. The number of rotatable bonds is 12. The summed E-state index contributed by atoms with van der Waals surface area (Å²) in [5, 5.41) is 2.85. The van der Waals surface area contributed by atoms with Crippen LogP contribution in [0.3, 0.4) is 0 Å². The minimum Gasteiger partial charge on any atom is -0.487 e. The fraction of sp³-hybridized carbons (Fsp3) is 0.464. The molecule has 202 valence electrons.